The predicted octanol–water partition coefficient (Wildman–Crippen LogP) is 5.74. The molecule has 0 saturated carbocycles. The Labute approximate surface area is 212 Å². The third-order valence-electron chi connectivity index (χ3n) is 5.27. The Balaban J connectivity index is 1.56. The lowest BCUT2D eigenvalue weighted by Gasteiger charge is -2.18. The largest absolute Gasteiger partial charge is 0.492 e. The number of amides is 3. The normalized spacial score (nSPS) is 13.3. The van der Waals surface area contributed by atoms with Crippen LogP contribution in [0.4, 0.5) is 17.1 Å². The van der Waals surface area contributed by atoms with Crippen LogP contribution in [0.5, 0.6) is 5.75 Å². The number of ether oxygens (including phenoxy) is 1. The highest BCUT2D eigenvalue weighted by Crippen LogP contribution is 2.33. The summed E-state index contributed by atoms with van der Waals surface area (Å²) in [6, 6.07) is 18.5. The standard InChI is InChI=1S/C26H21Cl2N3O4/c1-3-35-21-10-5-4-9-19(21)30-24(32)16-7-6-8-18(13-16)29-23-22(28)25(33)31(26(23)34)20-14-17(27)12-11-15(20)2/h4-14,29H,3H2,1-2H3,(H,30,32). The molecule has 35 heavy (non-hydrogen) atoms. The van der Waals surface area contributed by atoms with Crippen LogP contribution in [0.1, 0.15) is 22.8 Å². The van der Waals surface area contributed by atoms with Crippen LogP contribution < -0.4 is 20.3 Å². The van der Waals surface area contributed by atoms with Gasteiger partial charge in [-0.2, -0.15) is 0 Å². The number of halogens is 2. The van der Waals surface area contributed by atoms with E-state index in [0.29, 0.717) is 45.6 Å². The molecule has 0 saturated heterocycles. The van der Waals surface area contributed by atoms with Crippen LogP contribution in [0.25, 0.3) is 0 Å². The number of aryl methyl sites for hydroxylation is 1. The van der Waals surface area contributed by atoms with E-state index in [-0.39, 0.29) is 16.6 Å². The molecule has 9 heteroatoms. The first-order valence-corrected chi connectivity index (χ1v) is 11.5. The van der Waals surface area contributed by atoms with Crippen LogP contribution in [0.3, 0.4) is 0 Å². The van der Waals surface area contributed by atoms with Crippen molar-refractivity contribution >= 4 is 58.0 Å². The Morgan fingerprint density at radius 1 is 0.971 bits per heavy atom. The van der Waals surface area contributed by atoms with Gasteiger partial charge in [0.05, 0.1) is 18.0 Å². The van der Waals surface area contributed by atoms with Gasteiger partial charge in [-0.25, -0.2) is 4.90 Å². The Kier molecular flexibility index (Phi) is 7.10. The summed E-state index contributed by atoms with van der Waals surface area (Å²) in [5, 5.41) is 5.85. The van der Waals surface area contributed by atoms with Gasteiger partial charge in [-0.3, -0.25) is 14.4 Å². The van der Waals surface area contributed by atoms with E-state index >= 15 is 0 Å². The molecule has 0 spiro atoms. The number of hydrogen-bond donors (Lipinski definition) is 2. The summed E-state index contributed by atoms with van der Waals surface area (Å²) in [5.74, 6) is -1.09. The van der Waals surface area contributed by atoms with E-state index in [2.05, 4.69) is 10.6 Å². The van der Waals surface area contributed by atoms with Crippen molar-refractivity contribution in [2.45, 2.75) is 13.8 Å². The molecule has 4 rings (SSSR count). The zero-order valence-electron chi connectivity index (χ0n) is 18.9. The SMILES string of the molecule is CCOc1ccccc1NC(=O)c1cccc(NC2=C(Cl)C(=O)N(c3cc(Cl)ccc3C)C2=O)c1. The monoisotopic (exact) mass is 509 g/mol. The molecule has 0 radical (unpaired) electrons. The molecule has 0 fully saturated rings. The van der Waals surface area contributed by atoms with Crippen LogP contribution in [0, 0.1) is 6.92 Å². The first-order valence-electron chi connectivity index (χ1n) is 10.7. The highest BCUT2D eigenvalue weighted by Gasteiger charge is 2.39. The van der Waals surface area contributed by atoms with Gasteiger partial charge in [-0.05, 0) is 61.9 Å². The van der Waals surface area contributed by atoms with Crippen LogP contribution in [0.15, 0.2) is 77.5 Å². The molecule has 1 aliphatic rings. The molecular weight excluding hydrogens is 489 g/mol. The van der Waals surface area contributed by atoms with Crippen molar-refractivity contribution in [2.24, 2.45) is 0 Å². The summed E-state index contributed by atoms with van der Waals surface area (Å²) < 4.78 is 5.55. The summed E-state index contributed by atoms with van der Waals surface area (Å²) in [5.41, 5.74) is 2.23. The second kappa shape index (κ2) is 10.2. The van der Waals surface area contributed by atoms with E-state index < -0.39 is 11.8 Å². The van der Waals surface area contributed by atoms with Crippen molar-refractivity contribution in [1.82, 2.24) is 0 Å². The third-order valence-corrected chi connectivity index (χ3v) is 5.85. The first kappa shape index (κ1) is 24.3. The maximum Gasteiger partial charge on any atom is 0.283 e. The molecule has 0 atom stereocenters. The summed E-state index contributed by atoms with van der Waals surface area (Å²) in [4.78, 5) is 39.8. The zero-order valence-corrected chi connectivity index (χ0v) is 20.4. The number of carbonyl (C=O) groups excluding carboxylic acids is 3. The highest BCUT2D eigenvalue weighted by atomic mass is 35.5. The molecule has 178 valence electrons. The molecule has 0 aromatic heterocycles. The number of para-hydroxylation sites is 2. The summed E-state index contributed by atoms with van der Waals surface area (Å²) in [6.45, 7) is 4.08. The van der Waals surface area contributed by atoms with Crippen LogP contribution in [0.2, 0.25) is 5.02 Å². The molecule has 2 N–H and O–H groups in total. The predicted molar refractivity (Wildman–Crippen MR) is 137 cm³/mol. The number of anilines is 3. The van der Waals surface area contributed by atoms with E-state index in [9.17, 15) is 14.4 Å². The maximum absolute atomic E-state index is 13.1. The summed E-state index contributed by atoms with van der Waals surface area (Å²) >= 11 is 12.3. The van der Waals surface area contributed by atoms with Crippen LogP contribution >= 0.6 is 23.2 Å². The van der Waals surface area contributed by atoms with Gasteiger partial charge in [-0.1, -0.05) is 47.5 Å². The van der Waals surface area contributed by atoms with Gasteiger partial charge in [0.2, 0.25) is 0 Å². The molecule has 0 unspecified atom stereocenters. The number of hydrogen-bond acceptors (Lipinski definition) is 5. The van der Waals surface area contributed by atoms with Gasteiger partial charge in [0.25, 0.3) is 17.7 Å². The Hall–Kier alpha value is -3.81. The minimum absolute atomic E-state index is 0.0877. The minimum Gasteiger partial charge on any atom is -0.492 e. The van der Waals surface area contributed by atoms with Crippen LogP contribution in [-0.4, -0.2) is 24.3 Å². The molecule has 1 aliphatic heterocycles. The molecule has 3 amide bonds. The van der Waals surface area contributed by atoms with Gasteiger partial charge in [-0.15, -0.1) is 0 Å². The molecule has 3 aromatic rings. The van der Waals surface area contributed by atoms with E-state index in [1.165, 1.54) is 6.07 Å². The fourth-order valence-corrected chi connectivity index (χ4v) is 3.96. The lowest BCUT2D eigenvalue weighted by atomic mass is 10.1. The molecular formula is C26H21Cl2N3O4. The van der Waals surface area contributed by atoms with Gasteiger partial charge >= 0.3 is 0 Å². The van der Waals surface area contributed by atoms with Crippen molar-refractivity contribution in [1.29, 1.82) is 0 Å². The first-order chi connectivity index (χ1) is 16.8. The van der Waals surface area contributed by atoms with Crippen molar-refractivity contribution in [3.8, 4) is 5.75 Å². The average molecular weight is 510 g/mol. The second-order valence-electron chi connectivity index (χ2n) is 7.65. The lowest BCUT2D eigenvalue weighted by molar-refractivity contribution is -0.120. The maximum atomic E-state index is 13.1. The number of nitrogens with zero attached hydrogens (tertiary/aromatic N) is 1. The van der Waals surface area contributed by atoms with Gasteiger partial charge in [0.1, 0.15) is 16.5 Å². The third kappa shape index (κ3) is 5.01. The summed E-state index contributed by atoms with van der Waals surface area (Å²) in [7, 11) is 0. The Morgan fingerprint density at radius 3 is 2.51 bits per heavy atom. The molecule has 1 heterocycles. The smallest absolute Gasteiger partial charge is 0.283 e. The van der Waals surface area contributed by atoms with Crippen molar-refractivity contribution in [2.75, 3.05) is 22.1 Å². The van der Waals surface area contributed by atoms with E-state index in [4.69, 9.17) is 27.9 Å². The van der Waals surface area contributed by atoms with Gasteiger partial charge in [0, 0.05) is 16.3 Å². The molecule has 7 nitrogen and oxygen atoms in total. The fourth-order valence-electron chi connectivity index (χ4n) is 3.58. The average Bonchev–Trinajstić information content (AvgIpc) is 3.05. The number of imide groups is 1. The van der Waals surface area contributed by atoms with E-state index in [1.807, 2.05) is 13.0 Å². The van der Waals surface area contributed by atoms with Crippen molar-refractivity contribution in [3.05, 3.63) is 93.6 Å². The second-order valence-corrected chi connectivity index (χ2v) is 8.47. The quantitative estimate of drug-likeness (QED) is 0.396. The fraction of sp³-hybridized carbons (Fsp3) is 0.115. The number of nitrogens with one attached hydrogen (secondary N) is 2. The van der Waals surface area contributed by atoms with E-state index in [0.717, 1.165) is 4.90 Å². The van der Waals surface area contributed by atoms with Crippen LogP contribution in [-0.2, 0) is 9.59 Å². The molecule has 0 aliphatic carbocycles. The van der Waals surface area contributed by atoms with E-state index in [1.54, 1.807) is 61.5 Å². The number of carbonyl (C=O) groups is 3. The topological polar surface area (TPSA) is 87.7 Å². The van der Waals surface area contributed by atoms with Crippen molar-refractivity contribution in [3.63, 3.8) is 0 Å². The molecule has 0 bridgehead atoms. The Bertz CT molecular complexity index is 1370. The Morgan fingerprint density at radius 2 is 1.74 bits per heavy atom. The molecule has 3 aromatic carbocycles. The van der Waals surface area contributed by atoms with Crippen molar-refractivity contribution < 1.29 is 19.1 Å². The minimum atomic E-state index is -0.661. The zero-order chi connectivity index (χ0) is 25.1. The number of benzene rings is 3. The van der Waals surface area contributed by atoms with Gasteiger partial charge < -0.3 is 15.4 Å². The highest BCUT2D eigenvalue weighted by molar-refractivity contribution is 6.53. The van der Waals surface area contributed by atoms with Gasteiger partial charge in [0.15, 0.2) is 0 Å². The lowest BCUT2D eigenvalue weighted by Crippen LogP contribution is -2.32. The summed E-state index contributed by atoms with van der Waals surface area (Å²) in [6.07, 6.45) is 0. The number of rotatable bonds is 7.